The molecular formula is C18H22N2O5. The van der Waals surface area contributed by atoms with Crippen LogP contribution in [0.3, 0.4) is 0 Å². The molecule has 0 heterocycles. The van der Waals surface area contributed by atoms with Crippen molar-refractivity contribution in [1.29, 1.82) is 0 Å². The lowest BCUT2D eigenvalue weighted by Crippen LogP contribution is -2.32. The van der Waals surface area contributed by atoms with Crippen molar-refractivity contribution in [3.05, 3.63) is 41.6 Å². The Morgan fingerprint density at radius 1 is 1.04 bits per heavy atom. The second-order valence-corrected chi connectivity index (χ2v) is 5.73. The Morgan fingerprint density at radius 2 is 1.68 bits per heavy atom. The van der Waals surface area contributed by atoms with Crippen LogP contribution in [0.2, 0.25) is 0 Å². The molecule has 0 unspecified atom stereocenters. The van der Waals surface area contributed by atoms with Crippen LogP contribution in [0.1, 0.15) is 36.0 Å². The number of anilines is 1. The van der Waals surface area contributed by atoms with Crippen LogP contribution in [0, 0.1) is 0 Å². The van der Waals surface area contributed by atoms with Crippen LogP contribution in [0.25, 0.3) is 0 Å². The number of amides is 1. The van der Waals surface area contributed by atoms with Gasteiger partial charge in [-0.3, -0.25) is 4.79 Å². The number of ether oxygens (including phenoxy) is 2. The summed E-state index contributed by atoms with van der Waals surface area (Å²) in [6, 6.07) is 6.85. The van der Waals surface area contributed by atoms with Crippen molar-refractivity contribution in [3.8, 4) is 0 Å². The number of carbonyl (C=O) groups excluding carboxylic acids is 3. The summed E-state index contributed by atoms with van der Waals surface area (Å²) < 4.78 is 9.14. The summed E-state index contributed by atoms with van der Waals surface area (Å²) in [6.07, 6.45) is 5.35. The molecule has 0 atom stereocenters. The fourth-order valence-electron chi connectivity index (χ4n) is 2.63. The van der Waals surface area contributed by atoms with Gasteiger partial charge < -0.3 is 20.1 Å². The quantitative estimate of drug-likeness (QED) is 0.604. The van der Waals surface area contributed by atoms with Gasteiger partial charge in [-0.15, -0.1) is 0 Å². The first kappa shape index (κ1) is 18.5. The van der Waals surface area contributed by atoms with Crippen molar-refractivity contribution in [2.24, 2.45) is 0 Å². The normalized spacial score (nSPS) is 14.7. The molecule has 0 saturated heterocycles. The zero-order valence-corrected chi connectivity index (χ0v) is 14.3. The number of nitrogens with one attached hydrogen (secondary N) is 2. The number of benzene rings is 1. The lowest BCUT2D eigenvalue weighted by molar-refractivity contribution is -0.138. The largest absolute Gasteiger partial charge is 0.466 e. The zero-order chi connectivity index (χ0) is 18.2. The van der Waals surface area contributed by atoms with Gasteiger partial charge in [-0.25, -0.2) is 9.59 Å². The van der Waals surface area contributed by atoms with E-state index in [1.54, 1.807) is 24.3 Å². The number of esters is 2. The van der Waals surface area contributed by atoms with Gasteiger partial charge in [0.15, 0.2) is 0 Å². The van der Waals surface area contributed by atoms with Crippen LogP contribution < -0.4 is 10.6 Å². The van der Waals surface area contributed by atoms with Crippen LogP contribution in [-0.2, 0) is 19.1 Å². The highest BCUT2D eigenvalue weighted by atomic mass is 16.5. The maximum atomic E-state index is 12.2. The van der Waals surface area contributed by atoms with Gasteiger partial charge in [-0.05, 0) is 37.1 Å². The van der Waals surface area contributed by atoms with Gasteiger partial charge in [0.2, 0.25) is 0 Å². The smallest absolute Gasteiger partial charge is 0.354 e. The van der Waals surface area contributed by atoms with E-state index in [4.69, 9.17) is 0 Å². The molecule has 1 aliphatic carbocycles. The fourth-order valence-corrected chi connectivity index (χ4v) is 2.63. The number of hydrogen-bond donors (Lipinski definition) is 2. The molecule has 0 spiro atoms. The van der Waals surface area contributed by atoms with Gasteiger partial charge in [-0.2, -0.15) is 0 Å². The van der Waals surface area contributed by atoms with Crippen molar-refractivity contribution in [1.82, 2.24) is 5.32 Å². The van der Waals surface area contributed by atoms with Crippen molar-refractivity contribution in [2.45, 2.75) is 31.7 Å². The maximum Gasteiger partial charge on any atom is 0.354 e. The average molecular weight is 346 g/mol. The van der Waals surface area contributed by atoms with E-state index in [9.17, 15) is 14.4 Å². The van der Waals surface area contributed by atoms with Gasteiger partial charge in [0.05, 0.1) is 20.3 Å². The number of methoxy groups -OCH3 is 2. The molecule has 1 aliphatic rings. The fraction of sp³-hybridized carbons (Fsp3) is 0.389. The molecule has 7 nitrogen and oxygen atoms in total. The van der Waals surface area contributed by atoms with Crippen molar-refractivity contribution >= 4 is 23.5 Å². The summed E-state index contributed by atoms with van der Waals surface area (Å²) in [4.78, 5) is 35.2. The molecule has 7 heteroatoms. The van der Waals surface area contributed by atoms with Gasteiger partial charge in [-0.1, -0.05) is 12.8 Å². The van der Waals surface area contributed by atoms with Gasteiger partial charge in [0.25, 0.3) is 5.91 Å². The zero-order valence-electron chi connectivity index (χ0n) is 14.3. The molecule has 1 aromatic rings. The van der Waals surface area contributed by atoms with Crippen LogP contribution in [0.5, 0.6) is 0 Å². The third-order valence-corrected chi connectivity index (χ3v) is 3.99. The predicted octanol–water partition coefficient (Wildman–Crippen LogP) is 2.00. The van der Waals surface area contributed by atoms with Crippen LogP contribution in [0.15, 0.2) is 36.0 Å². The summed E-state index contributed by atoms with van der Waals surface area (Å²) in [5, 5.41) is 5.80. The summed E-state index contributed by atoms with van der Waals surface area (Å²) in [7, 11) is 2.43. The lowest BCUT2D eigenvalue weighted by Gasteiger charge is -2.13. The summed E-state index contributed by atoms with van der Waals surface area (Å²) in [5.74, 6) is -1.49. The van der Waals surface area contributed by atoms with Crippen molar-refractivity contribution in [3.63, 3.8) is 0 Å². The molecule has 0 bridgehead atoms. The van der Waals surface area contributed by atoms with E-state index < -0.39 is 11.9 Å². The molecule has 2 N–H and O–H groups in total. The topological polar surface area (TPSA) is 93.7 Å². The molecule has 134 valence electrons. The van der Waals surface area contributed by atoms with E-state index in [0.717, 1.165) is 31.8 Å². The van der Waals surface area contributed by atoms with E-state index in [1.807, 2.05) is 0 Å². The highest BCUT2D eigenvalue weighted by Gasteiger charge is 2.18. The first-order valence-corrected chi connectivity index (χ1v) is 8.09. The van der Waals surface area contributed by atoms with E-state index in [1.165, 1.54) is 14.2 Å². The summed E-state index contributed by atoms with van der Waals surface area (Å²) in [6.45, 7) is 0. The summed E-state index contributed by atoms with van der Waals surface area (Å²) >= 11 is 0. The Balaban J connectivity index is 2.04. The SMILES string of the molecule is COC(=O)/C=C(/Nc1ccc(C(=O)NC2CCCC2)cc1)C(=O)OC. The molecule has 0 radical (unpaired) electrons. The highest BCUT2D eigenvalue weighted by Crippen LogP contribution is 2.19. The average Bonchev–Trinajstić information content (AvgIpc) is 3.13. The van der Waals surface area contributed by atoms with Gasteiger partial charge >= 0.3 is 11.9 Å². The minimum absolute atomic E-state index is 0.0579. The number of carbonyl (C=O) groups is 3. The molecule has 1 saturated carbocycles. The number of rotatable bonds is 6. The molecular weight excluding hydrogens is 324 g/mol. The molecule has 25 heavy (non-hydrogen) atoms. The first-order chi connectivity index (χ1) is 12.0. The van der Waals surface area contributed by atoms with Crippen LogP contribution in [0.4, 0.5) is 5.69 Å². The van der Waals surface area contributed by atoms with E-state index in [-0.39, 0.29) is 17.6 Å². The third-order valence-electron chi connectivity index (χ3n) is 3.99. The standard InChI is InChI=1S/C18H22N2O5/c1-24-16(21)11-15(18(23)25-2)19-14-9-7-12(8-10-14)17(22)20-13-5-3-4-6-13/h7-11,13,19H,3-6H2,1-2H3,(H,20,22)/b15-11+. The maximum absolute atomic E-state index is 12.2. The lowest BCUT2D eigenvalue weighted by atomic mass is 10.1. The second-order valence-electron chi connectivity index (χ2n) is 5.73. The molecule has 0 aliphatic heterocycles. The molecule has 1 amide bonds. The van der Waals surface area contributed by atoms with Gasteiger partial charge in [0.1, 0.15) is 5.70 Å². The van der Waals surface area contributed by atoms with Crippen molar-refractivity contribution < 1.29 is 23.9 Å². The van der Waals surface area contributed by atoms with Crippen molar-refractivity contribution in [2.75, 3.05) is 19.5 Å². The van der Waals surface area contributed by atoms with Crippen LogP contribution in [-0.4, -0.2) is 38.1 Å². The Morgan fingerprint density at radius 3 is 2.24 bits per heavy atom. The third kappa shape index (κ3) is 5.34. The molecule has 2 rings (SSSR count). The first-order valence-electron chi connectivity index (χ1n) is 8.09. The van der Waals surface area contributed by atoms with E-state index in [0.29, 0.717) is 11.3 Å². The number of hydrogen-bond acceptors (Lipinski definition) is 6. The molecule has 0 aromatic heterocycles. The molecule has 1 aromatic carbocycles. The Kier molecular flexibility index (Phi) is 6.56. The second kappa shape index (κ2) is 8.86. The van der Waals surface area contributed by atoms with E-state index >= 15 is 0 Å². The monoisotopic (exact) mass is 346 g/mol. The van der Waals surface area contributed by atoms with Crippen LogP contribution >= 0.6 is 0 Å². The highest BCUT2D eigenvalue weighted by molar-refractivity contribution is 5.99. The molecule has 1 fully saturated rings. The predicted molar refractivity (Wildman–Crippen MR) is 91.9 cm³/mol. The van der Waals surface area contributed by atoms with Gasteiger partial charge in [0, 0.05) is 17.3 Å². The Bertz CT molecular complexity index is 661. The Labute approximate surface area is 146 Å². The minimum Gasteiger partial charge on any atom is -0.466 e. The summed E-state index contributed by atoms with van der Waals surface area (Å²) in [5.41, 5.74) is 1.02. The Hall–Kier alpha value is -2.83. The van der Waals surface area contributed by atoms with E-state index in [2.05, 4.69) is 20.1 Å². The minimum atomic E-state index is -0.701.